The zero-order valence-electron chi connectivity index (χ0n) is 13.5. The average Bonchev–Trinajstić information content (AvgIpc) is 3.11. The molecule has 0 bridgehead atoms. The van der Waals surface area contributed by atoms with Crippen LogP contribution >= 0.6 is 11.3 Å². The molecule has 0 fully saturated rings. The number of carbonyl (C=O) groups excluding carboxylic acids is 1. The number of hydrogen-bond acceptors (Lipinski definition) is 7. The Balaban J connectivity index is 1.47. The SMILES string of the molecule is O=C(CCOc1ccc([N+](=O)[O-])cc1)Nc1nc(-c2ccccn2)cs1. The van der Waals surface area contributed by atoms with E-state index in [2.05, 4.69) is 15.3 Å². The van der Waals surface area contributed by atoms with E-state index < -0.39 is 4.92 Å². The summed E-state index contributed by atoms with van der Waals surface area (Å²) in [5.41, 5.74) is 1.43. The van der Waals surface area contributed by atoms with Gasteiger partial charge in [0.25, 0.3) is 5.69 Å². The maximum Gasteiger partial charge on any atom is 0.269 e. The van der Waals surface area contributed by atoms with Crippen LogP contribution < -0.4 is 10.1 Å². The summed E-state index contributed by atoms with van der Waals surface area (Å²) >= 11 is 1.32. The normalized spacial score (nSPS) is 10.3. The minimum atomic E-state index is -0.482. The standard InChI is InChI=1S/C17H14N4O4S/c22-16(8-10-25-13-6-4-12(5-7-13)21(23)24)20-17-19-15(11-26-17)14-3-1-2-9-18-14/h1-7,9,11H,8,10H2,(H,19,20,22). The van der Waals surface area contributed by atoms with Gasteiger partial charge in [0.1, 0.15) is 11.4 Å². The number of benzene rings is 1. The highest BCUT2D eigenvalue weighted by atomic mass is 32.1. The maximum atomic E-state index is 12.0. The second-order valence-corrected chi connectivity index (χ2v) is 6.01. The van der Waals surface area contributed by atoms with Crippen molar-refractivity contribution in [1.29, 1.82) is 0 Å². The lowest BCUT2D eigenvalue weighted by Gasteiger charge is -2.05. The van der Waals surface area contributed by atoms with Crippen LogP contribution in [-0.4, -0.2) is 27.4 Å². The number of thiazole rings is 1. The van der Waals surface area contributed by atoms with Crippen LogP contribution in [0.1, 0.15) is 6.42 Å². The Kier molecular flexibility index (Phi) is 5.49. The molecule has 2 heterocycles. The number of hydrogen-bond donors (Lipinski definition) is 1. The number of aromatic nitrogens is 2. The van der Waals surface area contributed by atoms with E-state index in [9.17, 15) is 14.9 Å². The molecule has 26 heavy (non-hydrogen) atoms. The van der Waals surface area contributed by atoms with Crippen molar-refractivity contribution in [1.82, 2.24) is 9.97 Å². The lowest BCUT2D eigenvalue weighted by molar-refractivity contribution is -0.384. The van der Waals surface area contributed by atoms with Crippen molar-refractivity contribution in [3.05, 3.63) is 64.2 Å². The largest absolute Gasteiger partial charge is 0.493 e. The third kappa shape index (κ3) is 4.61. The number of nitrogens with zero attached hydrogens (tertiary/aromatic N) is 3. The summed E-state index contributed by atoms with van der Waals surface area (Å²) in [4.78, 5) is 30.6. The van der Waals surface area contributed by atoms with E-state index in [1.54, 1.807) is 6.20 Å². The fourth-order valence-electron chi connectivity index (χ4n) is 2.07. The van der Waals surface area contributed by atoms with Crippen LogP contribution in [-0.2, 0) is 4.79 Å². The van der Waals surface area contributed by atoms with Crippen LogP contribution in [0.15, 0.2) is 54.0 Å². The number of pyridine rings is 1. The first-order valence-electron chi connectivity index (χ1n) is 7.66. The highest BCUT2D eigenvalue weighted by molar-refractivity contribution is 7.14. The first-order valence-corrected chi connectivity index (χ1v) is 8.54. The molecule has 0 saturated carbocycles. The summed E-state index contributed by atoms with van der Waals surface area (Å²) in [7, 11) is 0. The molecule has 2 aromatic heterocycles. The summed E-state index contributed by atoms with van der Waals surface area (Å²) in [6.45, 7) is 0.155. The van der Waals surface area contributed by atoms with Crippen LogP contribution in [0.3, 0.4) is 0 Å². The van der Waals surface area contributed by atoms with Crippen molar-refractivity contribution < 1.29 is 14.5 Å². The van der Waals surface area contributed by atoms with Gasteiger partial charge in [-0.2, -0.15) is 0 Å². The van der Waals surface area contributed by atoms with Gasteiger partial charge in [0.05, 0.1) is 23.6 Å². The molecule has 132 valence electrons. The van der Waals surface area contributed by atoms with Gasteiger partial charge in [-0.15, -0.1) is 11.3 Å². The molecule has 3 rings (SSSR count). The molecule has 0 radical (unpaired) electrons. The second-order valence-electron chi connectivity index (χ2n) is 5.15. The van der Waals surface area contributed by atoms with E-state index in [0.717, 1.165) is 5.69 Å². The zero-order valence-corrected chi connectivity index (χ0v) is 14.3. The second kappa shape index (κ2) is 8.17. The Hall–Kier alpha value is -3.33. The highest BCUT2D eigenvalue weighted by Crippen LogP contribution is 2.23. The Labute approximate surface area is 152 Å². The molecular weight excluding hydrogens is 356 g/mol. The van der Waals surface area contributed by atoms with Gasteiger partial charge in [-0.05, 0) is 24.3 Å². The summed E-state index contributed by atoms with van der Waals surface area (Å²) in [6, 6.07) is 11.2. The smallest absolute Gasteiger partial charge is 0.269 e. The molecule has 0 saturated heterocycles. The molecule has 0 atom stereocenters. The lowest BCUT2D eigenvalue weighted by Crippen LogP contribution is -2.15. The topological polar surface area (TPSA) is 107 Å². The van der Waals surface area contributed by atoms with Gasteiger partial charge in [0, 0.05) is 23.7 Å². The predicted molar refractivity (Wildman–Crippen MR) is 97.2 cm³/mol. The van der Waals surface area contributed by atoms with Crippen LogP contribution in [0.2, 0.25) is 0 Å². The average molecular weight is 370 g/mol. The third-order valence-electron chi connectivity index (χ3n) is 3.32. The molecule has 1 N–H and O–H groups in total. The van der Waals surface area contributed by atoms with E-state index in [4.69, 9.17) is 4.74 Å². The van der Waals surface area contributed by atoms with Crippen molar-refractivity contribution in [3.8, 4) is 17.1 Å². The maximum absolute atomic E-state index is 12.0. The fourth-order valence-corrected chi connectivity index (χ4v) is 2.79. The van der Waals surface area contributed by atoms with Crippen LogP contribution in [0.4, 0.5) is 10.8 Å². The molecule has 1 aromatic carbocycles. The summed E-state index contributed by atoms with van der Waals surface area (Å²) < 4.78 is 5.41. The van der Waals surface area contributed by atoms with E-state index in [0.29, 0.717) is 16.6 Å². The Morgan fingerprint density at radius 3 is 2.69 bits per heavy atom. The first kappa shape index (κ1) is 17.5. The van der Waals surface area contributed by atoms with Crippen LogP contribution in [0.25, 0.3) is 11.4 Å². The quantitative estimate of drug-likeness (QED) is 0.504. The van der Waals surface area contributed by atoms with Crippen molar-refractivity contribution in [3.63, 3.8) is 0 Å². The third-order valence-corrected chi connectivity index (χ3v) is 4.08. The summed E-state index contributed by atoms with van der Waals surface area (Å²) in [5.74, 6) is 0.240. The van der Waals surface area contributed by atoms with Crippen molar-refractivity contribution in [2.24, 2.45) is 0 Å². The van der Waals surface area contributed by atoms with E-state index in [1.807, 2.05) is 23.6 Å². The molecule has 0 unspecified atom stereocenters. The van der Waals surface area contributed by atoms with Gasteiger partial charge in [0.2, 0.25) is 5.91 Å². The molecule has 0 aliphatic rings. The lowest BCUT2D eigenvalue weighted by atomic mass is 10.3. The van der Waals surface area contributed by atoms with Gasteiger partial charge in [-0.1, -0.05) is 6.07 Å². The number of rotatable bonds is 7. The fraction of sp³-hybridized carbons (Fsp3) is 0.118. The molecule has 8 nitrogen and oxygen atoms in total. The Bertz CT molecular complexity index is 897. The molecule has 3 aromatic rings. The van der Waals surface area contributed by atoms with E-state index in [-0.39, 0.29) is 24.6 Å². The Morgan fingerprint density at radius 1 is 1.19 bits per heavy atom. The van der Waals surface area contributed by atoms with Gasteiger partial charge < -0.3 is 10.1 Å². The number of non-ortho nitro benzene ring substituents is 1. The molecule has 0 spiro atoms. The van der Waals surface area contributed by atoms with E-state index in [1.165, 1.54) is 35.6 Å². The van der Waals surface area contributed by atoms with Crippen LogP contribution in [0.5, 0.6) is 5.75 Å². The van der Waals surface area contributed by atoms with Gasteiger partial charge in [-0.25, -0.2) is 4.98 Å². The monoisotopic (exact) mass is 370 g/mol. The van der Waals surface area contributed by atoms with Crippen molar-refractivity contribution >= 4 is 28.1 Å². The minimum Gasteiger partial charge on any atom is -0.493 e. The zero-order chi connectivity index (χ0) is 18.4. The molecule has 1 amide bonds. The number of nitro benzene ring substituents is 1. The predicted octanol–water partition coefficient (Wildman–Crippen LogP) is 3.52. The number of nitrogens with one attached hydrogen (secondary N) is 1. The number of nitro groups is 1. The van der Waals surface area contributed by atoms with Gasteiger partial charge in [-0.3, -0.25) is 19.9 Å². The first-order chi connectivity index (χ1) is 12.6. The number of anilines is 1. The summed E-state index contributed by atoms with van der Waals surface area (Å²) in [5, 5.41) is 15.6. The molecule has 9 heteroatoms. The number of carbonyl (C=O) groups is 1. The van der Waals surface area contributed by atoms with Crippen LogP contribution in [0, 0.1) is 10.1 Å². The molecule has 0 aliphatic carbocycles. The number of amides is 1. The molecular formula is C17H14N4O4S. The van der Waals surface area contributed by atoms with Crippen molar-refractivity contribution in [2.45, 2.75) is 6.42 Å². The summed E-state index contributed by atoms with van der Waals surface area (Å²) in [6.07, 6.45) is 1.82. The number of ether oxygens (including phenoxy) is 1. The van der Waals surface area contributed by atoms with Gasteiger partial charge >= 0.3 is 0 Å². The van der Waals surface area contributed by atoms with Gasteiger partial charge in [0.15, 0.2) is 5.13 Å². The highest BCUT2D eigenvalue weighted by Gasteiger charge is 2.09. The van der Waals surface area contributed by atoms with E-state index >= 15 is 0 Å². The Morgan fingerprint density at radius 2 is 2.00 bits per heavy atom. The minimum absolute atomic E-state index is 0.0115. The van der Waals surface area contributed by atoms with Crippen molar-refractivity contribution in [2.75, 3.05) is 11.9 Å². The molecule has 0 aliphatic heterocycles.